The van der Waals surface area contributed by atoms with Gasteiger partial charge in [-0.3, -0.25) is 4.79 Å². The van der Waals surface area contributed by atoms with E-state index in [1.54, 1.807) is 6.20 Å². The van der Waals surface area contributed by atoms with Crippen molar-refractivity contribution >= 4 is 34.1 Å². The molecule has 0 aliphatic rings. The molecule has 0 fully saturated rings. The average molecular weight is 325 g/mol. The monoisotopic (exact) mass is 325 g/mol. The largest absolute Gasteiger partial charge is 0.306 e. The van der Waals surface area contributed by atoms with Crippen LogP contribution in [0, 0.1) is 5.92 Å². The van der Waals surface area contributed by atoms with Gasteiger partial charge >= 0.3 is 0 Å². The van der Waals surface area contributed by atoms with E-state index in [1.165, 1.54) is 23.1 Å². The number of thioether (sulfide) groups is 1. The molecule has 0 saturated heterocycles. The van der Waals surface area contributed by atoms with Crippen LogP contribution in [0.2, 0.25) is 0 Å². The van der Waals surface area contributed by atoms with Crippen molar-refractivity contribution in [2.24, 2.45) is 5.92 Å². The van der Waals surface area contributed by atoms with E-state index in [9.17, 15) is 4.79 Å². The third kappa shape index (κ3) is 4.53. The predicted molar refractivity (Wildman–Crippen MR) is 85.7 cm³/mol. The summed E-state index contributed by atoms with van der Waals surface area (Å²) in [7, 11) is 0. The summed E-state index contributed by atoms with van der Waals surface area (Å²) < 4.78 is 2.10. The van der Waals surface area contributed by atoms with Gasteiger partial charge < -0.3 is 9.88 Å². The normalized spacial score (nSPS) is 11.0. The molecule has 0 unspecified atom stereocenters. The van der Waals surface area contributed by atoms with Crippen molar-refractivity contribution in [1.29, 1.82) is 0 Å². The molecular weight excluding hydrogens is 306 g/mol. The number of thiazole rings is 1. The molecule has 2 heterocycles. The highest BCUT2D eigenvalue weighted by atomic mass is 32.2. The van der Waals surface area contributed by atoms with E-state index >= 15 is 0 Å². The highest BCUT2D eigenvalue weighted by Gasteiger charge is 2.14. The number of hydrogen-bond acceptors (Lipinski definition) is 6. The molecule has 114 valence electrons. The minimum atomic E-state index is -0.0768. The van der Waals surface area contributed by atoms with Gasteiger partial charge in [-0.15, -0.1) is 21.5 Å². The van der Waals surface area contributed by atoms with Gasteiger partial charge in [-0.1, -0.05) is 32.5 Å². The lowest BCUT2D eigenvalue weighted by atomic mass is 10.2. The van der Waals surface area contributed by atoms with Crippen molar-refractivity contribution < 1.29 is 4.79 Å². The Balaban J connectivity index is 1.96. The Morgan fingerprint density at radius 3 is 2.90 bits per heavy atom. The third-order valence-corrected chi connectivity index (χ3v) is 4.32. The Bertz CT molecular complexity index is 579. The lowest BCUT2D eigenvalue weighted by Gasteiger charge is -2.11. The Labute approximate surface area is 132 Å². The molecule has 8 heteroatoms. The summed E-state index contributed by atoms with van der Waals surface area (Å²) in [5.41, 5.74) is 0. The second-order valence-electron chi connectivity index (χ2n) is 4.93. The molecule has 2 rings (SSSR count). The molecule has 21 heavy (non-hydrogen) atoms. The standard InChI is InChI=1S/C13H19N5OS2/c1-4-10-16-17-13(18(10)7-9(2)3)21-8-11(19)15-12-14-5-6-20-12/h5-6,9H,4,7-8H2,1-3H3,(H,14,15,19). The third-order valence-electron chi connectivity index (χ3n) is 2.67. The highest BCUT2D eigenvalue weighted by molar-refractivity contribution is 7.99. The first kappa shape index (κ1) is 16.0. The van der Waals surface area contributed by atoms with Crippen LogP contribution in [0.3, 0.4) is 0 Å². The van der Waals surface area contributed by atoms with Crippen LogP contribution in [-0.2, 0) is 17.8 Å². The van der Waals surface area contributed by atoms with Crippen LogP contribution in [0.15, 0.2) is 16.7 Å². The fourth-order valence-corrected chi connectivity index (χ4v) is 3.12. The summed E-state index contributed by atoms with van der Waals surface area (Å²) in [6.45, 7) is 7.24. The van der Waals surface area contributed by atoms with Gasteiger partial charge in [0.15, 0.2) is 10.3 Å². The molecule has 0 atom stereocenters. The maximum absolute atomic E-state index is 11.9. The number of aryl methyl sites for hydroxylation is 1. The smallest absolute Gasteiger partial charge is 0.236 e. The molecule has 0 saturated carbocycles. The Morgan fingerprint density at radius 2 is 2.29 bits per heavy atom. The Morgan fingerprint density at radius 1 is 1.48 bits per heavy atom. The van der Waals surface area contributed by atoms with Gasteiger partial charge in [0.2, 0.25) is 5.91 Å². The van der Waals surface area contributed by atoms with Gasteiger partial charge in [-0.25, -0.2) is 4.98 Å². The van der Waals surface area contributed by atoms with E-state index < -0.39 is 0 Å². The van der Waals surface area contributed by atoms with Crippen molar-refractivity contribution in [2.75, 3.05) is 11.1 Å². The minimum Gasteiger partial charge on any atom is -0.306 e. The zero-order valence-electron chi connectivity index (χ0n) is 12.4. The summed E-state index contributed by atoms with van der Waals surface area (Å²) in [5.74, 6) is 1.70. The van der Waals surface area contributed by atoms with E-state index in [1.807, 2.05) is 5.38 Å². The fraction of sp³-hybridized carbons (Fsp3) is 0.538. The summed E-state index contributed by atoms with van der Waals surface area (Å²) >= 11 is 2.82. The number of hydrogen-bond donors (Lipinski definition) is 1. The van der Waals surface area contributed by atoms with Crippen LogP contribution < -0.4 is 5.32 Å². The number of carbonyl (C=O) groups excluding carboxylic acids is 1. The first-order valence-corrected chi connectivity index (χ1v) is 8.70. The van der Waals surface area contributed by atoms with Crippen LogP contribution in [0.25, 0.3) is 0 Å². The lowest BCUT2D eigenvalue weighted by Crippen LogP contribution is -2.15. The number of aromatic nitrogens is 4. The van der Waals surface area contributed by atoms with Crippen LogP contribution in [0.4, 0.5) is 5.13 Å². The van der Waals surface area contributed by atoms with Gasteiger partial charge in [-0.05, 0) is 5.92 Å². The van der Waals surface area contributed by atoms with Crippen molar-refractivity contribution in [3.05, 3.63) is 17.4 Å². The number of amides is 1. The maximum atomic E-state index is 11.9. The summed E-state index contributed by atoms with van der Waals surface area (Å²) in [5, 5.41) is 14.4. The first-order valence-electron chi connectivity index (χ1n) is 6.84. The van der Waals surface area contributed by atoms with Crippen molar-refractivity contribution in [3.63, 3.8) is 0 Å². The number of nitrogens with zero attached hydrogens (tertiary/aromatic N) is 4. The van der Waals surface area contributed by atoms with E-state index in [2.05, 4.69) is 45.8 Å². The van der Waals surface area contributed by atoms with Gasteiger partial charge in [0, 0.05) is 24.5 Å². The molecule has 2 aromatic rings. The minimum absolute atomic E-state index is 0.0768. The number of anilines is 1. The van der Waals surface area contributed by atoms with E-state index in [-0.39, 0.29) is 5.91 Å². The zero-order valence-corrected chi connectivity index (χ0v) is 14.0. The van der Waals surface area contributed by atoms with Crippen molar-refractivity contribution in [2.45, 2.75) is 38.9 Å². The van der Waals surface area contributed by atoms with Crippen LogP contribution >= 0.6 is 23.1 Å². The van der Waals surface area contributed by atoms with E-state index in [4.69, 9.17) is 0 Å². The molecule has 0 spiro atoms. The molecule has 0 bridgehead atoms. The number of rotatable bonds is 7. The maximum Gasteiger partial charge on any atom is 0.236 e. The molecule has 0 aliphatic heterocycles. The van der Waals surface area contributed by atoms with Gasteiger partial charge in [0.25, 0.3) is 0 Å². The number of nitrogens with one attached hydrogen (secondary N) is 1. The topological polar surface area (TPSA) is 72.7 Å². The van der Waals surface area contributed by atoms with Gasteiger partial charge in [-0.2, -0.15) is 0 Å². The van der Waals surface area contributed by atoms with Gasteiger partial charge in [0.1, 0.15) is 5.82 Å². The molecule has 1 amide bonds. The summed E-state index contributed by atoms with van der Waals surface area (Å²) in [6.07, 6.45) is 2.51. The molecule has 0 aliphatic carbocycles. The first-order chi connectivity index (χ1) is 10.1. The quantitative estimate of drug-likeness (QED) is 0.792. The van der Waals surface area contributed by atoms with Gasteiger partial charge in [0.05, 0.1) is 5.75 Å². The van der Waals surface area contributed by atoms with Crippen LogP contribution in [-0.4, -0.2) is 31.4 Å². The molecule has 6 nitrogen and oxygen atoms in total. The fourth-order valence-electron chi connectivity index (χ4n) is 1.81. The van der Waals surface area contributed by atoms with Crippen LogP contribution in [0.5, 0.6) is 0 Å². The summed E-state index contributed by atoms with van der Waals surface area (Å²) in [6, 6.07) is 0. The Kier molecular flexibility index (Phi) is 5.75. The van der Waals surface area contributed by atoms with Crippen molar-refractivity contribution in [3.8, 4) is 0 Å². The van der Waals surface area contributed by atoms with E-state index in [0.717, 1.165) is 23.9 Å². The highest BCUT2D eigenvalue weighted by Crippen LogP contribution is 2.19. The SMILES string of the molecule is CCc1nnc(SCC(=O)Nc2nccs2)n1CC(C)C. The molecular formula is C13H19N5OS2. The molecule has 0 aromatic carbocycles. The predicted octanol–water partition coefficient (Wildman–Crippen LogP) is 2.68. The molecule has 0 radical (unpaired) electrons. The average Bonchev–Trinajstić information content (AvgIpc) is 3.06. The lowest BCUT2D eigenvalue weighted by molar-refractivity contribution is -0.113. The molecule has 2 aromatic heterocycles. The van der Waals surface area contributed by atoms with Crippen LogP contribution in [0.1, 0.15) is 26.6 Å². The Hall–Kier alpha value is -1.41. The zero-order chi connectivity index (χ0) is 15.2. The molecule has 1 N–H and O–H groups in total. The van der Waals surface area contributed by atoms with Crippen molar-refractivity contribution in [1.82, 2.24) is 19.7 Å². The van der Waals surface area contributed by atoms with E-state index in [0.29, 0.717) is 16.8 Å². The summed E-state index contributed by atoms with van der Waals surface area (Å²) in [4.78, 5) is 15.9. The second-order valence-corrected chi connectivity index (χ2v) is 6.77. The second kappa shape index (κ2) is 7.56. The number of carbonyl (C=O) groups is 1.